The summed E-state index contributed by atoms with van der Waals surface area (Å²) in [7, 11) is 0. The van der Waals surface area contributed by atoms with E-state index < -0.39 is 5.97 Å². The van der Waals surface area contributed by atoms with Crippen LogP contribution >= 0.6 is 0 Å². The van der Waals surface area contributed by atoms with Gasteiger partial charge in [-0.1, -0.05) is 19.8 Å². The molecule has 100 valence electrons. The molecule has 4 nitrogen and oxygen atoms in total. The lowest BCUT2D eigenvalue weighted by Crippen LogP contribution is -2.46. The van der Waals surface area contributed by atoms with Crippen molar-refractivity contribution in [3.63, 3.8) is 0 Å². The fourth-order valence-electron chi connectivity index (χ4n) is 2.41. The molecular formula is C13H26N2O2. The summed E-state index contributed by atoms with van der Waals surface area (Å²) in [5, 5.41) is 11.8. The van der Waals surface area contributed by atoms with Gasteiger partial charge in [0.25, 0.3) is 0 Å². The van der Waals surface area contributed by atoms with Crippen LogP contribution in [0.2, 0.25) is 0 Å². The molecule has 2 N–H and O–H groups in total. The van der Waals surface area contributed by atoms with E-state index in [9.17, 15) is 4.79 Å². The van der Waals surface area contributed by atoms with E-state index >= 15 is 0 Å². The van der Waals surface area contributed by atoms with Crippen molar-refractivity contribution >= 4 is 5.97 Å². The third kappa shape index (κ3) is 6.03. The number of aliphatic carboxylic acids is 1. The first-order chi connectivity index (χ1) is 8.24. The summed E-state index contributed by atoms with van der Waals surface area (Å²) in [5.74, 6) is -0.719. The van der Waals surface area contributed by atoms with E-state index in [-0.39, 0.29) is 6.42 Å². The van der Waals surface area contributed by atoms with E-state index in [0.717, 1.165) is 6.54 Å². The Morgan fingerprint density at radius 1 is 1.47 bits per heavy atom. The number of hydrogen-bond acceptors (Lipinski definition) is 3. The van der Waals surface area contributed by atoms with Crippen molar-refractivity contribution in [2.75, 3.05) is 26.2 Å². The molecule has 0 bridgehead atoms. The summed E-state index contributed by atoms with van der Waals surface area (Å²) in [4.78, 5) is 13.0. The Balaban J connectivity index is 2.20. The highest BCUT2D eigenvalue weighted by molar-refractivity contribution is 5.66. The number of rotatable bonds is 8. The number of carbonyl (C=O) groups is 1. The Hall–Kier alpha value is -0.610. The molecule has 1 atom stereocenters. The minimum Gasteiger partial charge on any atom is -0.481 e. The molecule has 1 rings (SSSR count). The van der Waals surface area contributed by atoms with Crippen LogP contribution < -0.4 is 5.32 Å². The fraction of sp³-hybridized carbons (Fsp3) is 0.923. The van der Waals surface area contributed by atoms with Crippen LogP contribution in [0.4, 0.5) is 0 Å². The van der Waals surface area contributed by atoms with Gasteiger partial charge in [-0.25, -0.2) is 0 Å². The topological polar surface area (TPSA) is 52.6 Å². The van der Waals surface area contributed by atoms with Crippen LogP contribution in [0.15, 0.2) is 0 Å². The second-order valence-electron chi connectivity index (χ2n) is 4.89. The molecule has 0 saturated carbocycles. The average molecular weight is 242 g/mol. The number of carboxylic acid groups (broad SMARTS) is 1. The second kappa shape index (κ2) is 8.48. The predicted molar refractivity (Wildman–Crippen MR) is 69.2 cm³/mol. The third-order valence-electron chi connectivity index (χ3n) is 3.44. The summed E-state index contributed by atoms with van der Waals surface area (Å²) in [6, 6.07) is 0.615. The minimum absolute atomic E-state index is 0.224. The van der Waals surface area contributed by atoms with Crippen LogP contribution in [-0.2, 0) is 4.79 Å². The van der Waals surface area contributed by atoms with Crippen molar-refractivity contribution < 1.29 is 9.90 Å². The number of piperidine rings is 1. The number of nitrogens with one attached hydrogen (secondary N) is 1. The molecule has 0 aromatic heterocycles. The van der Waals surface area contributed by atoms with Crippen LogP contribution in [0, 0.1) is 0 Å². The quantitative estimate of drug-likeness (QED) is 0.636. The zero-order valence-corrected chi connectivity index (χ0v) is 11.0. The number of unbranched alkanes of at least 4 members (excludes halogenated alkanes) is 1. The molecule has 0 aliphatic carbocycles. The maximum Gasteiger partial charge on any atom is 0.304 e. The van der Waals surface area contributed by atoms with Crippen LogP contribution in [0.25, 0.3) is 0 Å². The Morgan fingerprint density at radius 3 is 3.00 bits per heavy atom. The van der Waals surface area contributed by atoms with Gasteiger partial charge in [0.15, 0.2) is 0 Å². The van der Waals surface area contributed by atoms with E-state index in [0.29, 0.717) is 12.6 Å². The maximum absolute atomic E-state index is 10.4. The van der Waals surface area contributed by atoms with E-state index in [1.165, 1.54) is 45.2 Å². The smallest absolute Gasteiger partial charge is 0.304 e. The molecule has 0 spiro atoms. The molecule has 4 heteroatoms. The molecule has 0 amide bonds. The summed E-state index contributed by atoms with van der Waals surface area (Å²) < 4.78 is 0. The van der Waals surface area contributed by atoms with Gasteiger partial charge in [-0.15, -0.1) is 0 Å². The fourth-order valence-corrected chi connectivity index (χ4v) is 2.41. The van der Waals surface area contributed by atoms with Crippen molar-refractivity contribution in [1.82, 2.24) is 10.2 Å². The van der Waals surface area contributed by atoms with Gasteiger partial charge in [0.05, 0.1) is 6.42 Å². The minimum atomic E-state index is -0.719. The third-order valence-corrected chi connectivity index (χ3v) is 3.44. The monoisotopic (exact) mass is 242 g/mol. The van der Waals surface area contributed by atoms with Gasteiger partial charge in [0.2, 0.25) is 0 Å². The summed E-state index contributed by atoms with van der Waals surface area (Å²) in [5.41, 5.74) is 0. The maximum atomic E-state index is 10.4. The van der Waals surface area contributed by atoms with Crippen LogP contribution in [0.3, 0.4) is 0 Å². The van der Waals surface area contributed by atoms with Gasteiger partial charge >= 0.3 is 5.97 Å². The van der Waals surface area contributed by atoms with Crippen LogP contribution in [-0.4, -0.2) is 48.2 Å². The summed E-state index contributed by atoms with van der Waals surface area (Å²) in [6.07, 6.45) is 6.62. The lowest BCUT2D eigenvalue weighted by molar-refractivity contribution is -0.136. The molecular weight excluding hydrogens is 216 g/mol. The molecule has 1 fully saturated rings. The summed E-state index contributed by atoms with van der Waals surface area (Å²) in [6.45, 7) is 6.17. The van der Waals surface area contributed by atoms with Crippen molar-refractivity contribution in [2.45, 2.75) is 51.5 Å². The van der Waals surface area contributed by atoms with Gasteiger partial charge in [-0.3, -0.25) is 9.69 Å². The zero-order valence-electron chi connectivity index (χ0n) is 11.0. The van der Waals surface area contributed by atoms with E-state index in [4.69, 9.17) is 5.11 Å². The lowest BCUT2D eigenvalue weighted by Gasteiger charge is -2.35. The number of likely N-dealkylation sites (tertiary alicyclic amines) is 1. The van der Waals surface area contributed by atoms with Gasteiger partial charge in [-0.05, 0) is 32.4 Å². The van der Waals surface area contributed by atoms with E-state index in [2.05, 4.69) is 17.1 Å². The van der Waals surface area contributed by atoms with Crippen molar-refractivity contribution in [2.24, 2.45) is 0 Å². The lowest BCUT2D eigenvalue weighted by atomic mass is 10.0. The van der Waals surface area contributed by atoms with Crippen LogP contribution in [0.5, 0.6) is 0 Å². The van der Waals surface area contributed by atoms with E-state index in [1.54, 1.807) is 0 Å². The molecule has 1 saturated heterocycles. The molecule has 1 aliphatic rings. The highest BCUT2D eigenvalue weighted by Crippen LogP contribution is 2.16. The van der Waals surface area contributed by atoms with Crippen molar-refractivity contribution in [1.29, 1.82) is 0 Å². The SMILES string of the molecule is CCCCN1CCCC[C@H]1CNCCC(=O)O. The number of hydrogen-bond donors (Lipinski definition) is 2. The molecule has 17 heavy (non-hydrogen) atoms. The van der Waals surface area contributed by atoms with Crippen molar-refractivity contribution in [3.05, 3.63) is 0 Å². The molecule has 0 aromatic rings. The standard InChI is InChI=1S/C13H26N2O2/c1-2-3-9-15-10-5-4-6-12(15)11-14-8-7-13(16)17/h12,14H,2-11H2,1H3,(H,16,17)/t12-/m0/s1. The molecule has 0 unspecified atom stereocenters. The largest absolute Gasteiger partial charge is 0.481 e. The molecule has 1 aliphatic heterocycles. The first-order valence-electron chi connectivity index (χ1n) is 6.90. The first kappa shape index (κ1) is 14.5. The number of carboxylic acids is 1. The second-order valence-corrected chi connectivity index (χ2v) is 4.89. The highest BCUT2D eigenvalue weighted by atomic mass is 16.4. The van der Waals surface area contributed by atoms with Gasteiger partial charge in [0.1, 0.15) is 0 Å². The average Bonchev–Trinajstić information content (AvgIpc) is 2.33. The molecule has 0 radical (unpaired) electrons. The van der Waals surface area contributed by atoms with E-state index in [1.807, 2.05) is 0 Å². The van der Waals surface area contributed by atoms with Crippen molar-refractivity contribution in [3.8, 4) is 0 Å². The van der Waals surface area contributed by atoms with Gasteiger partial charge in [-0.2, -0.15) is 0 Å². The normalized spacial score (nSPS) is 21.6. The van der Waals surface area contributed by atoms with Gasteiger partial charge < -0.3 is 10.4 Å². The molecule has 1 heterocycles. The van der Waals surface area contributed by atoms with Crippen LogP contribution in [0.1, 0.15) is 45.4 Å². The van der Waals surface area contributed by atoms with Gasteiger partial charge in [0, 0.05) is 19.1 Å². The Bertz CT molecular complexity index is 221. The summed E-state index contributed by atoms with van der Waals surface area (Å²) >= 11 is 0. The zero-order chi connectivity index (χ0) is 12.5. The Kier molecular flexibility index (Phi) is 7.21. The highest BCUT2D eigenvalue weighted by Gasteiger charge is 2.21. The molecule has 0 aromatic carbocycles. The Morgan fingerprint density at radius 2 is 2.29 bits per heavy atom. The Labute approximate surface area is 104 Å². The first-order valence-corrected chi connectivity index (χ1v) is 6.90. The predicted octanol–water partition coefficient (Wildman–Crippen LogP) is 1.71. The number of nitrogens with zero attached hydrogens (tertiary/aromatic N) is 1.